The van der Waals surface area contributed by atoms with Crippen LogP contribution in [0.4, 0.5) is 11.5 Å². The highest BCUT2D eigenvalue weighted by Gasteiger charge is 2.32. The maximum absolute atomic E-state index is 12.7. The van der Waals surface area contributed by atoms with Crippen LogP contribution in [0.2, 0.25) is 0 Å². The first kappa shape index (κ1) is 17.1. The molecule has 0 saturated heterocycles. The number of nitro groups is 1. The number of rotatable bonds is 3. The van der Waals surface area contributed by atoms with Crippen LogP contribution in [-0.2, 0) is 0 Å². The number of non-ortho nitro benzene ring substituents is 1. The Kier molecular flexibility index (Phi) is 4.44. The summed E-state index contributed by atoms with van der Waals surface area (Å²) in [6.07, 6.45) is 5.70. The molecule has 1 fully saturated rings. The number of thioether (sulfide) groups is 1. The first-order valence-corrected chi connectivity index (χ1v) is 9.73. The number of hydrogen-bond acceptors (Lipinski definition) is 5. The summed E-state index contributed by atoms with van der Waals surface area (Å²) >= 11 is 1.52. The van der Waals surface area contributed by atoms with Gasteiger partial charge in [-0.3, -0.25) is 24.7 Å². The molecule has 0 unspecified atom stereocenters. The van der Waals surface area contributed by atoms with Gasteiger partial charge < -0.3 is 0 Å². The van der Waals surface area contributed by atoms with Crippen molar-refractivity contribution in [3.63, 3.8) is 0 Å². The molecule has 1 aromatic heterocycles. The number of nitro benzene ring substituents is 1. The van der Waals surface area contributed by atoms with E-state index in [1.54, 1.807) is 12.1 Å². The highest BCUT2D eigenvalue weighted by atomic mass is 32.2. The van der Waals surface area contributed by atoms with Gasteiger partial charge in [0, 0.05) is 12.1 Å². The van der Waals surface area contributed by atoms with E-state index in [4.69, 9.17) is 0 Å². The Morgan fingerprint density at radius 3 is 2.58 bits per heavy atom. The van der Waals surface area contributed by atoms with Crippen molar-refractivity contribution in [3.8, 4) is 0 Å². The van der Waals surface area contributed by atoms with Crippen molar-refractivity contribution in [2.75, 3.05) is 0 Å². The van der Waals surface area contributed by atoms with E-state index in [1.165, 1.54) is 43.2 Å². The minimum atomic E-state index is -0.414. The molecular weight excluding hydrogens is 352 g/mol. The summed E-state index contributed by atoms with van der Waals surface area (Å²) in [5.74, 6) is 0.724. The lowest BCUT2D eigenvalue weighted by Crippen LogP contribution is -2.16. The summed E-state index contributed by atoms with van der Waals surface area (Å²) < 4.78 is 1.96. The van der Waals surface area contributed by atoms with E-state index < -0.39 is 4.92 Å². The van der Waals surface area contributed by atoms with Crippen LogP contribution in [0.15, 0.2) is 34.1 Å². The lowest BCUT2D eigenvalue weighted by Gasteiger charge is -2.26. The van der Waals surface area contributed by atoms with Crippen LogP contribution in [0, 0.1) is 10.1 Å². The van der Waals surface area contributed by atoms with Crippen LogP contribution in [0.5, 0.6) is 0 Å². The molecule has 2 aromatic rings. The van der Waals surface area contributed by atoms with Gasteiger partial charge in [-0.1, -0.05) is 43.2 Å². The molecule has 1 N–H and O–H groups in total. The van der Waals surface area contributed by atoms with Crippen LogP contribution >= 0.6 is 11.8 Å². The summed E-state index contributed by atoms with van der Waals surface area (Å²) in [5, 5.41) is 14.6. The standard InChI is InChI=1S/C18H20N4O3S/c1-11-19-17-15(18(23)20-21(17)13-5-3-2-4-6-13)16(26-11)12-7-9-14(10-8-12)22(24)25/h7-10,13,16H,2-6H2,1H3,(H,20,23)/t16-/m1/s1. The predicted molar refractivity (Wildman–Crippen MR) is 102 cm³/mol. The topological polar surface area (TPSA) is 93.3 Å². The van der Waals surface area contributed by atoms with Crippen LogP contribution in [0.1, 0.15) is 61.4 Å². The second kappa shape index (κ2) is 6.75. The van der Waals surface area contributed by atoms with Crippen LogP contribution in [0.25, 0.3) is 0 Å². The molecule has 0 spiro atoms. The third-order valence-corrected chi connectivity index (χ3v) is 6.27. The van der Waals surface area contributed by atoms with E-state index in [-0.39, 0.29) is 22.5 Å². The fourth-order valence-electron chi connectivity index (χ4n) is 3.82. The number of hydrogen-bond donors (Lipinski definition) is 1. The van der Waals surface area contributed by atoms with E-state index in [0.29, 0.717) is 5.56 Å². The Labute approximate surface area is 154 Å². The molecule has 1 atom stereocenters. The number of aromatic nitrogens is 2. The monoisotopic (exact) mass is 372 g/mol. The molecule has 1 aromatic carbocycles. The second-order valence-electron chi connectivity index (χ2n) is 6.82. The van der Waals surface area contributed by atoms with Crippen molar-refractivity contribution in [1.82, 2.24) is 9.78 Å². The first-order valence-electron chi connectivity index (χ1n) is 8.85. The Morgan fingerprint density at radius 1 is 1.23 bits per heavy atom. The highest BCUT2D eigenvalue weighted by molar-refractivity contribution is 8.14. The number of nitrogens with one attached hydrogen (secondary N) is 1. The van der Waals surface area contributed by atoms with Crippen LogP contribution < -0.4 is 5.56 Å². The fraction of sp³-hybridized carbons (Fsp3) is 0.444. The van der Waals surface area contributed by atoms with Crippen molar-refractivity contribution in [2.24, 2.45) is 4.99 Å². The minimum absolute atomic E-state index is 0.0499. The number of nitrogens with zero attached hydrogens (tertiary/aromatic N) is 3. The van der Waals surface area contributed by atoms with Crippen molar-refractivity contribution in [2.45, 2.75) is 50.3 Å². The molecule has 4 rings (SSSR count). The van der Waals surface area contributed by atoms with Crippen molar-refractivity contribution in [3.05, 3.63) is 55.9 Å². The summed E-state index contributed by atoms with van der Waals surface area (Å²) in [6, 6.07) is 6.73. The molecule has 2 aliphatic rings. The largest absolute Gasteiger partial charge is 0.271 e. The number of H-pyrrole nitrogens is 1. The number of aliphatic imine (C=N–C) groups is 1. The Balaban J connectivity index is 1.77. The van der Waals surface area contributed by atoms with Gasteiger partial charge in [0.25, 0.3) is 11.2 Å². The van der Waals surface area contributed by atoms with E-state index in [1.807, 2.05) is 11.6 Å². The summed E-state index contributed by atoms with van der Waals surface area (Å²) in [4.78, 5) is 27.9. The Hall–Kier alpha value is -2.35. The molecule has 0 radical (unpaired) electrons. The van der Waals surface area contributed by atoms with Crippen molar-refractivity contribution >= 4 is 28.3 Å². The summed E-state index contributed by atoms with van der Waals surface area (Å²) in [7, 11) is 0. The third-order valence-electron chi connectivity index (χ3n) is 5.10. The van der Waals surface area contributed by atoms with Crippen molar-refractivity contribution in [1.29, 1.82) is 0 Å². The quantitative estimate of drug-likeness (QED) is 0.635. The fourth-order valence-corrected chi connectivity index (χ4v) is 4.92. The SMILES string of the molecule is CC1=Nc2c(c(=O)[nH]n2C2CCCCC2)[C@@H](c2ccc([N+](=O)[O-])cc2)S1. The number of benzene rings is 1. The summed E-state index contributed by atoms with van der Waals surface area (Å²) in [6.45, 7) is 1.94. The van der Waals surface area contributed by atoms with Gasteiger partial charge in [0.15, 0.2) is 5.82 Å². The molecule has 0 bridgehead atoms. The van der Waals surface area contributed by atoms with Gasteiger partial charge in [-0.15, -0.1) is 0 Å². The molecule has 7 nitrogen and oxygen atoms in total. The normalized spacial score (nSPS) is 20.5. The average molecular weight is 372 g/mol. The zero-order chi connectivity index (χ0) is 18.3. The maximum atomic E-state index is 12.7. The molecule has 2 heterocycles. The molecule has 0 amide bonds. The molecule has 26 heavy (non-hydrogen) atoms. The minimum Gasteiger partial charge on any atom is -0.268 e. The first-order chi connectivity index (χ1) is 12.5. The molecule has 8 heteroatoms. The van der Waals surface area contributed by atoms with Gasteiger partial charge in [0.05, 0.1) is 26.8 Å². The Bertz CT molecular complexity index is 923. The molecule has 1 saturated carbocycles. The average Bonchev–Trinajstić information content (AvgIpc) is 2.98. The van der Waals surface area contributed by atoms with Gasteiger partial charge in [0.1, 0.15) is 0 Å². The van der Waals surface area contributed by atoms with E-state index >= 15 is 0 Å². The highest BCUT2D eigenvalue weighted by Crippen LogP contribution is 2.45. The lowest BCUT2D eigenvalue weighted by atomic mass is 9.95. The van der Waals surface area contributed by atoms with Crippen LogP contribution in [0.3, 0.4) is 0 Å². The number of fused-ring (bicyclic) bond motifs is 1. The van der Waals surface area contributed by atoms with E-state index in [2.05, 4.69) is 10.1 Å². The van der Waals surface area contributed by atoms with Crippen molar-refractivity contribution < 1.29 is 4.92 Å². The van der Waals surface area contributed by atoms with E-state index in [9.17, 15) is 14.9 Å². The van der Waals surface area contributed by atoms with Gasteiger partial charge in [-0.25, -0.2) is 4.99 Å². The van der Waals surface area contributed by atoms with Crippen LogP contribution in [-0.4, -0.2) is 19.7 Å². The number of aromatic amines is 1. The summed E-state index contributed by atoms with van der Waals surface area (Å²) in [5.41, 5.74) is 1.47. The molecular formula is C18H20N4O3S. The van der Waals surface area contributed by atoms with Gasteiger partial charge in [-0.2, -0.15) is 0 Å². The molecule has 1 aliphatic carbocycles. The second-order valence-corrected chi connectivity index (χ2v) is 8.12. The predicted octanol–water partition coefficient (Wildman–Crippen LogP) is 4.48. The van der Waals surface area contributed by atoms with E-state index in [0.717, 1.165) is 29.3 Å². The lowest BCUT2D eigenvalue weighted by molar-refractivity contribution is -0.384. The van der Waals surface area contributed by atoms with Gasteiger partial charge in [-0.05, 0) is 25.3 Å². The smallest absolute Gasteiger partial charge is 0.268 e. The van der Waals surface area contributed by atoms with Gasteiger partial charge in [0.2, 0.25) is 0 Å². The Morgan fingerprint density at radius 2 is 1.92 bits per heavy atom. The zero-order valence-corrected chi connectivity index (χ0v) is 15.3. The third kappa shape index (κ3) is 2.98. The molecule has 1 aliphatic heterocycles. The maximum Gasteiger partial charge on any atom is 0.271 e. The zero-order valence-electron chi connectivity index (χ0n) is 14.5. The molecule has 136 valence electrons. The van der Waals surface area contributed by atoms with Gasteiger partial charge >= 0.3 is 0 Å².